The van der Waals surface area contributed by atoms with Gasteiger partial charge in [0.05, 0.1) is 24.1 Å². The number of likely N-dealkylation sites (tertiary alicyclic amines) is 1. The molecule has 0 spiro atoms. The number of aromatic nitrogens is 3. The zero-order chi connectivity index (χ0) is 24.9. The monoisotopic (exact) mass is 495 g/mol. The molecular weight excluding hydrogens is 458 g/mol. The van der Waals surface area contributed by atoms with Crippen molar-refractivity contribution >= 4 is 23.3 Å². The molecule has 3 aromatic rings. The lowest BCUT2D eigenvalue weighted by Crippen LogP contribution is -2.40. The van der Waals surface area contributed by atoms with Gasteiger partial charge in [-0.05, 0) is 57.2 Å². The second-order valence-electron chi connectivity index (χ2n) is 9.83. The Morgan fingerprint density at radius 3 is 2.69 bits per heavy atom. The minimum atomic E-state index is 0.0480. The average molecular weight is 496 g/mol. The number of fused-ring (bicyclic) bond motifs is 1. The summed E-state index contributed by atoms with van der Waals surface area (Å²) in [6.07, 6.45) is 2.30. The van der Waals surface area contributed by atoms with Gasteiger partial charge in [0, 0.05) is 30.9 Å². The number of nitrogens with one attached hydrogen (secondary N) is 1. The minimum Gasteiger partial charge on any atom is -0.496 e. The second-order valence-corrected chi connectivity index (χ2v) is 10.8. The highest BCUT2D eigenvalue weighted by Crippen LogP contribution is 2.35. The Kier molecular flexibility index (Phi) is 8.34. The van der Waals surface area contributed by atoms with Gasteiger partial charge in [-0.15, -0.1) is 0 Å². The van der Waals surface area contributed by atoms with E-state index in [1.54, 1.807) is 7.11 Å². The Morgan fingerprint density at radius 2 is 1.94 bits per heavy atom. The molecule has 0 saturated carbocycles. The topological polar surface area (TPSA) is 71.8 Å². The van der Waals surface area contributed by atoms with Crippen LogP contribution in [0.1, 0.15) is 38.1 Å². The lowest BCUT2D eigenvalue weighted by molar-refractivity contribution is -0.118. The van der Waals surface area contributed by atoms with E-state index in [9.17, 15) is 4.79 Å². The first-order valence-corrected chi connectivity index (χ1v) is 13.5. The average Bonchev–Trinajstić information content (AvgIpc) is 3.15. The number of benzene rings is 1. The molecule has 2 atom stereocenters. The van der Waals surface area contributed by atoms with Gasteiger partial charge in [-0.1, -0.05) is 43.8 Å². The van der Waals surface area contributed by atoms with E-state index in [2.05, 4.69) is 24.1 Å². The van der Waals surface area contributed by atoms with E-state index in [0.29, 0.717) is 12.3 Å². The van der Waals surface area contributed by atoms with Crippen molar-refractivity contribution in [1.29, 1.82) is 0 Å². The Bertz CT molecular complexity index is 1170. The molecule has 2 aromatic heterocycles. The molecule has 0 radical (unpaired) electrons. The van der Waals surface area contributed by atoms with E-state index in [1.165, 1.54) is 31.3 Å². The molecule has 0 unspecified atom stereocenters. The molecule has 7 nitrogen and oxygen atoms in total. The minimum absolute atomic E-state index is 0.0480. The number of carbonyl (C=O) groups excluding carboxylic acids is 1. The van der Waals surface area contributed by atoms with Crippen molar-refractivity contribution in [2.24, 2.45) is 11.8 Å². The lowest BCUT2D eigenvalue weighted by atomic mass is 9.92. The molecule has 1 saturated heterocycles. The van der Waals surface area contributed by atoms with E-state index in [4.69, 9.17) is 14.8 Å². The van der Waals surface area contributed by atoms with E-state index >= 15 is 0 Å². The Balaban J connectivity index is 1.38. The first-order chi connectivity index (χ1) is 16.9. The van der Waals surface area contributed by atoms with Crippen LogP contribution in [0.3, 0.4) is 0 Å². The summed E-state index contributed by atoms with van der Waals surface area (Å²) in [5.74, 6) is 2.71. The van der Waals surface area contributed by atoms with Gasteiger partial charge in [0.2, 0.25) is 5.91 Å². The molecule has 0 aliphatic carbocycles. The quantitative estimate of drug-likeness (QED) is 0.266. The fourth-order valence-electron chi connectivity index (χ4n) is 5.18. The molecule has 3 heterocycles. The van der Waals surface area contributed by atoms with Crippen molar-refractivity contribution in [2.75, 3.05) is 39.0 Å². The first kappa shape index (κ1) is 25.5. The number of amides is 1. The first-order valence-electron chi connectivity index (χ1n) is 12.5. The van der Waals surface area contributed by atoms with Gasteiger partial charge in [0.25, 0.3) is 0 Å². The maximum atomic E-state index is 12.6. The van der Waals surface area contributed by atoms with Crippen molar-refractivity contribution in [1.82, 2.24) is 24.8 Å². The fourth-order valence-corrected chi connectivity index (χ4v) is 6.06. The van der Waals surface area contributed by atoms with Crippen LogP contribution in [-0.4, -0.2) is 64.4 Å². The molecule has 4 rings (SSSR count). The van der Waals surface area contributed by atoms with E-state index in [1.807, 2.05) is 48.7 Å². The van der Waals surface area contributed by atoms with Gasteiger partial charge in [-0.25, -0.2) is 9.50 Å². The Labute approximate surface area is 212 Å². The van der Waals surface area contributed by atoms with Crippen LogP contribution in [0.15, 0.2) is 35.4 Å². The number of methoxy groups -OCH3 is 1. The molecule has 1 aliphatic heterocycles. The van der Waals surface area contributed by atoms with Gasteiger partial charge in [0.15, 0.2) is 5.65 Å². The molecule has 1 amide bonds. The smallest absolute Gasteiger partial charge is 0.230 e. The number of para-hydroxylation sites is 1. The molecule has 1 fully saturated rings. The molecule has 1 aliphatic rings. The highest BCUT2D eigenvalue weighted by Gasteiger charge is 2.21. The summed E-state index contributed by atoms with van der Waals surface area (Å²) >= 11 is 1.49. The summed E-state index contributed by atoms with van der Waals surface area (Å²) in [7, 11) is 1.67. The molecule has 0 bridgehead atoms. The van der Waals surface area contributed by atoms with Crippen molar-refractivity contribution in [2.45, 2.75) is 45.6 Å². The number of hydrogen-bond acceptors (Lipinski definition) is 6. The number of piperidine rings is 1. The fraction of sp³-hybridized carbons (Fsp3) is 0.519. The highest BCUT2D eigenvalue weighted by atomic mass is 32.2. The Hall–Kier alpha value is -2.58. The van der Waals surface area contributed by atoms with E-state index < -0.39 is 0 Å². The third kappa shape index (κ3) is 6.16. The second kappa shape index (κ2) is 11.4. The van der Waals surface area contributed by atoms with Crippen LogP contribution < -0.4 is 10.1 Å². The van der Waals surface area contributed by atoms with Crippen molar-refractivity contribution in [3.8, 4) is 16.9 Å². The van der Waals surface area contributed by atoms with Crippen LogP contribution in [0.2, 0.25) is 0 Å². The summed E-state index contributed by atoms with van der Waals surface area (Å²) in [6, 6.07) is 9.90. The van der Waals surface area contributed by atoms with Crippen LogP contribution in [0.4, 0.5) is 0 Å². The molecular formula is C27H37N5O2S. The predicted molar refractivity (Wildman–Crippen MR) is 142 cm³/mol. The zero-order valence-electron chi connectivity index (χ0n) is 21.5. The van der Waals surface area contributed by atoms with Crippen LogP contribution >= 0.6 is 11.8 Å². The number of hydrogen-bond donors (Lipinski definition) is 1. The third-order valence-corrected chi connectivity index (χ3v) is 7.50. The summed E-state index contributed by atoms with van der Waals surface area (Å²) in [6.45, 7) is 12.7. The van der Waals surface area contributed by atoms with Gasteiger partial charge in [0.1, 0.15) is 10.8 Å². The summed E-state index contributed by atoms with van der Waals surface area (Å²) < 4.78 is 7.43. The lowest BCUT2D eigenvalue weighted by Gasteiger charge is -2.34. The summed E-state index contributed by atoms with van der Waals surface area (Å²) in [5, 5.41) is 8.76. The van der Waals surface area contributed by atoms with Crippen LogP contribution in [0.25, 0.3) is 16.8 Å². The molecule has 188 valence electrons. The number of aryl methyl sites for hydroxylation is 2. The predicted octanol–water partition coefficient (Wildman–Crippen LogP) is 4.60. The van der Waals surface area contributed by atoms with Gasteiger partial charge >= 0.3 is 0 Å². The Morgan fingerprint density at radius 1 is 1.20 bits per heavy atom. The van der Waals surface area contributed by atoms with Crippen LogP contribution in [0, 0.1) is 25.7 Å². The maximum Gasteiger partial charge on any atom is 0.230 e. The number of nitrogens with zero attached hydrogens (tertiary/aromatic N) is 4. The normalized spacial score (nSPS) is 18.7. The number of thioether (sulfide) groups is 1. The highest BCUT2D eigenvalue weighted by molar-refractivity contribution is 7.99. The SMILES string of the molecule is COc1ccccc1-c1c(C)nn2c(SCC(=O)NCCCN3C[C@H](C)C[C@H](C)C3)cc(C)nc12. The number of rotatable bonds is 9. The van der Waals surface area contributed by atoms with Crippen molar-refractivity contribution < 1.29 is 9.53 Å². The molecule has 1 N–H and O–H groups in total. The molecule has 1 aromatic carbocycles. The van der Waals surface area contributed by atoms with E-state index in [0.717, 1.165) is 63.7 Å². The summed E-state index contributed by atoms with van der Waals surface area (Å²) in [4.78, 5) is 19.9. The number of carbonyl (C=O) groups is 1. The van der Waals surface area contributed by atoms with Crippen molar-refractivity contribution in [3.05, 3.63) is 41.7 Å². The molecule has 35 heavy (non-hydrogen) atoms. The van der Waals surface area contributed by atoms with Crippen LogP contribution in [0.5, 0.6) is 5.75 Å². The largest absolute Gasteiger partial charge is 0.496 e. The van der Waals surface area contributed by atoms with Crippen molar-refractivity contribution in [3.63, 3.8) is 0 Å². The van der Waals surface area contributed by atoms with Gasteiger partial charge < -0.3 is 15.0 Å². The van der Waals surface area contributed by atoms with Crippen LogP contribution in [-0.2, 0) is 4.79 Å². The molecule has 8 heteroatoms. The standard InChI is InChI=1S/C27H37N5O2S/c1-18-13-19(2)16-31(15-18)12-8-11-28-24(33)17-35-25-14-20(3)29-27-26(21(4)30-32(25)27)22-9-6-7-10-23(22)34-5/h6-7,9-10,14,18-19H,8,11-13,15-17H2,1-5H3,(H,28,33)/t18-,19+. The third-order valence-electron chi connectivity index (χ3n) is 6.50. The zero-order valence-corrected chi connectivity index (χ0v) is 22.3. The summed E-state index contributed by atoms with van der Waals surface area (Å²) in [5.41, 5.74) is 4.46. The number of ether oxygens (including phenoxy) is 1. The van der Waals surface area contributed by atoms with Gasteiger partial charge in [-0.3, -0.25) is 4.79 Å². The maximum absolute atomic E-state index is 12.6. The van der Waals surface area contributed by atoms with Gasteiger partial charge in [-0.2, -0.15) is 5.10 Å². The van der Waals surface area contributed by atoms with E-state index in [-0.39, 0.29) is 5.91 Å².